The number of hydrogen-bond donors (Lipinski definition) is 0. The molecule has 0 atom stereocenters. The summed E-state index contributed by atoms with van der Waals surface area (Å²) in [5.74, 6) is 0.877. The number of pyridine rings is 1. The van der Waals surface area contributed by atoms with Gasteiger partial charge in [-0.3, -0.25) is 9.78 Å². The van der Waals surface area contributed by atoms with Crippen molar-refractivity contribution in [1.29, 1.82) is 0 Å². The van der Waals surface area contributed by atoms with Crippen molar-refractivity contribution in [2.24, 2.45) is 0 Å². The number of unbranched alkanes of at least 4 members (excludes halogenated alkanes) is 3. The zero-order valence-electron chi connectivity index (χ0n) is 11.6. The molecule has 19 heavy (non-hydrogen) atoms. The van der Waals surface area contributed by atoms with Crippen molar-refractivity contribution in [1.82, 2.24) is 4.98 Å². The van der Waals surface area contributed by atoms with Gasteiger partial charge in [-0.15, -0.1) is 0 Å². The van der Waals surface area contributed by atoms with E-state index in [-0.39, 0.29) is 11.6 Å². The molecule has 104 valence electrons. The molecule has 0 radical (unpaired) electrons. The number of nitrogens with zero attached hydrogens (tertiary/aromatic N) is 1. The first kappa shape index (κ1) is 15.3. The van der Waals surface area contributed by atoms with Crippen LogP contribution in [0, 0.1) is 0 Å². The minimum Gasteiger partial charge on any atom is -0.492 e. The Balaban J connectivity index is 2.17. The van der Waals surface area contributed by atoms with Crippen molar-refractivity contribution in [3.05, 3.63) is 24.0 Å². The molecule has 4 heteroatoms. The van der Waals surface area contributed by atoms with Crippen LogP contribution in [-0.4, -0.2) is 23.2 Å². The number of aromatic nitrogens is 1. The number of ketones is 2. The Morgan fingerprint density at radius 3 is 2.53 bits per heavy atom. The smallest absolute Gasteiger partial charge is 0.161 e. The highest BCUT2D eigenvalue weighted by Gasteiger charge is 2.02. The molecular formula is C15H21NO3. The molecule has 0 aromatic carbocycles. The molecule has 0 fully saturated rings. The van der Waals surface area contributed by atoms with Crippen LogP contribution < -0.4 is 4.74 Å². The van der Waals surface area contributed by atoms with Crippen LogP contribution >= 0.6 is 0 Å². The summed E-state index contributed by atoms with van der Waals surface area (Å²) in [7, 11) is 0. The van der Waals surface area contributed by atoms with E-state index in [4.69, 9.17) is 4.74 Å². The zero-order valence-corrected chi connectivity index (χ0v) is 11.6. The lowest BCUT2D eigenvalue weighted by molar-refractivity contribution is -0.117. The van der Waals surface area contributed by atoms with Crippen molar-refractivity contribution in [2.45, 2.75) is 46.0 Å². The van der Waals surface area contributed by atoms with Gasteiger partial charge in [0.05, 0.1) is 12.8 Å². The third kappa shape index (κ3) is 6.70. The van der Waals surface area contributed by atoms with Gasteiger partial charge < -0.3 is 9.53 Å². The molecule has 0 aliphatic rings. The molecule has 0 bridgehead atoms. The van der Waals surface area contributed by atoms with Gasteiger partial charge in [-0.1, -0.05) is 12.8 Å². The molecule has 1 aromatic heterocycles. The largest absolute Gasteiger partial charge is 0.492 e. The van der Waals surface area contributed by atoms with Crippen molar-refractivity contribution in [3.63, 3.8) is 0 Å². The fourth-order valence-corrected chi connectivity index (χ4v) is 1.71. The predicted molar refractivity (Wildman–Crippen MR) is 73.5 cm³/mol. The van der Waals surface area contributed by atoms with E-state index in [0.717, 1.165) is 25.7 Å². The molecule has 4 nitrogen and oxygen atoms in total. The Hall–Kier alpha value is -1.71. The highest BCUT2D eigenvalue weighted by atomic mass is 16.5. The topological polar surface area (TPSA) is 56.3 Å². The van der Waals surface area contributed by atoms with Crippen LogP contribution in [-0.2, 0) is 4.79 Å². The monoisotopic (exact) mass is 263 g/mol. The zero-order chi connectivity index (χ0) is 14.1. The second-order valence-corrected chi connectivity index (χ2v) is 4.68. The Morgan fingerprint density at radius 2 is 1.84 bits per heavy atom. The lowest BCUT2D eigenvalue weighted by Crippen LogP contribution is -2.00. The fraction of sp³-hybridized carbons (Fsp3) is 0.533. The quantitative estimate of drug-likeness (QED) is 0.507. The van der Waals surface area contributed by atoms with Gasteiger partial charge in [-0.05, 0) is 32.8 Å². The van der Waals surface area contributed by atoms with Crippen molar-refractivity contribution >= 4 is 11.6 Å². The van der Waals surface area contributed by atoms with E-state index in [0.29, 0.717) is 24.3 Å². The Kier molecular flexibility index (Phi) is 6.79. The molecule has 1 rings (SSSR count). The molecule has 0 spiro atoms. The van der Waals surface area contributed by atoms with Crippen molar-refractivity contribution < 1.29 is 14.3 Å². The highest BCUT2D eigenvalue weighted by molar-refractivity contribution is 5.94. The molecule has 0 saturated carbocycles. The number of carbonyl (C=O) groups excluding carboxylic acids is 2. The first-order valence-corrected chi connectivity index (χ1v) is 6.68. The second kappa shape index (κ2) is 8.40. The van der Waals surface area contributed by atoms with Gasteiger partial charge in [0.25, 0.3) is 0 Å². The Labute approximate surface area is 114 Å². The number of rotatable bonds is 9. The predicted octanol–water partition coefficient (Wildman–Crippen LogP) is 3.20. The number of carbonyl (C=O) groups is 2. The van der Waals surface area contributed by atoms with Gasteiger partial charge in [0, 0.05) is 18.2 Å². The van der Waals surface area contributed by atoms with Gasteiger partial charge in [0.15, 0.2) is 5.78 Å². The van der Waals surface area contributed by atoms with Gasteiger partial charge in [-0.25, -0.2) is 0 Å². The minimum absolute atomic E-state index is 0.0119. The van der Waals surface area contributed by atoms with Gasteiger partial charge in [0.1, 0.15) is 11.5 Å². The van der Waals surface area contributed by atoms with Crippen LogP contribution in [0.25, 0.3) is 0 Å². The number of hydrogen-bond acceptors (Lipinski definition) is 4. The van der Waals surface area contributed by atoms with Crippen molar-refractivity contribution in [3.8, 4) is 5.75 Å². The summed E-state index contributed by atoms with van der Waals surface area (Å²) in [6.07, 6.45) is 7.82. The molecule has 0 aliphatic heterocycles. The molecule has 0 unspecified atom stereocenters. The first-order chi connectivity index (χ1) is 9.09. The Morgan fingerprint density at radius 1 is 1.11 bits per heavy atom. The molecular weight excluding hydrogens is 242 g/mol. The molecule has 1 aromatic rings. The van der Waals surface area contributed by atoms with E-state index in [1.165, 1.54) is 13.1 Å². The van der Waals surface area contributed by atoms with Crippen LogP contribution in [0.15, 0.2) is 18.5 Å². The lowest BCUT2D eigenvalue weighted by atomic mass is 10.1. The van der Waals surface area contributed by atoms with Crippen LogP contribution in [0.3, 0.4) is 0 Å². The van der Waals surface area contributed by atoms with Crippen molar-refractivity contribution in [2.75, 3.05) is 6.61 Å². The van der Waals surface area contributed by atoms with E-state index >= 15 is 0 Å². The summed E-state index contributed by atoms with van der Waals surface area (Å²) in [5, 5.41) is 0. The highest BCUT2D eigenvalue weighted by Crippen LogP contribution is 2.12. The molecule has 0 aliphatic carbocycles. The third-order valence-corrected chi connectivity index (χ3v) is 2.81. The van der Waals surface area contributed by atoms with Crippen LogP contribution in [0.4, 0.5) is 0 Å². The summed E-state index contributed by atoms with van der Waals surface area (Å²) in [5.41, 5.74) is 0.568. The SMILES string of the molecule is CC(=O)CCCCCCOc1cncc(C(C)=O)c1. The van der Waals surface area contributed by atoms with Crippen LogP contribution in [0.1, 0.15) is 56.3 Å². The van der Waals surface area contributed by atoms with Gasteiger partial charge >= 0.3 is 0 Å². The summed E-state index contributed by atoms with van der Waals surface area (Å²) in [4.78, 5) is 25.9. The van der Waals surface area contributed by atoms with E-state index in [2.05, 4.69) is 4.98 Å². The average Bonchev–Trinajstić information content (AvgIpc) is 2.37. The number of ether oxygens (including phenoxy) is 1. The summed E-state index contributed by atoms with van der Waals surface area (Å²) in [6, 6.07) is 1.71. The van der Waals surface area contributed by atoms with Crippen LogP contribution in [0.5, 0.6) is 5.75 Å². The first-order valence-electron chi connectivity index (χ1n) is 6.68. The maximum Gasteiger partial charge on any atom is 0.161 e. The minimum atomic E-state index is -0.0119. The summed E-state index contributed by atoms with van der Waals surface area (Å²) in [6.45, 7) is 3.75. The molecule has 0 saturated heterocycles. The van der Waals surface area contributed by atoms with E-state index in [1.807, 2.05) is 0 Å². The maximum absolute atomic E-state index is 11.2. The van der Waals surface area contributed by atoms with E-state index in [1.54, 1.807) is 19.2 Å². The average molecular weight is 263 g/mol. The summed E-state index contributed by atoms with van der Waals surface area (Å²) < 4.78 is 5.54. The molecule has 1 heterocycles. The van der Waals surface area contributed by atoms with Gasteiger partial charge in [-0.2, -0.15) is 0 Å². The Bertz CT molecular complexity index is 429. The van der Waals surface area contributed by atoms with E-state index < -0.39 is 0 Å². The fourth-order valence-electron chi connectivity index (χ4n) is 1.71. The summed E-state index contributed by atoms with van der Waals surface area (Å²) >= 11 is 0. The maximum atomic E-state index is 11.2. The normalized spacial score (nSPS) is 10.2. The standard InChI is InChI=1S/C15H21NO3/c1-12(17)7-5-3-4-6-8-19-15-9-14(13(2)18)10-16-11-15/h9-11H,3-8H2,1-2H3. The lowest BCUT2D eigenvalue weighted by Gasteiger charge is -2.06. The van der Waals surface area contributed by atoms with Gasteiger partial charge in [0.2, 0.25) is 0 Å². The molecule has 0 N–H and O–H groups in total. The number of Topliss-reactive ketones (excluding diaryl/α,β-unsaturated/α-hetero) is 2. The molecule has 0 amide bonds. The van der Waals surface area contributed by atoms with Crippen LogP contribution in [0.2, 0.25) is 0 Å². The second-order valence-electron chi connectivity index (χ2n) is 4.68. The third-order valence-electron chi connectivity index (χ3n) is 2.81. The van der Waals surface area contributed by atoms with E-state index in [9.17, 15) is 9.59 Å².